The predicted octanol–water partition coefficient (Wildman–Crippen LogP) is 5.39. The lowest BCUT2D eigenvalue weighted by Crippen LogP contribution is -2.65. The molecule has 4 fully saturated rings. The van der Waals surface area contributed by atoms with E-state index in [1.54, 1.807) is 36.3 Å². The molecule has 0 radical (unpaired) electrons. The lowest BCUT2D eigenvalue weighted by atomic mass is 9.60. The summed E-state index contributed by atoms with van der Waals surface area (Å²) in [7, 11) is 3.78. The Morgan fingerprint density at radius 2 is 1.79 bits per heavy atom. The van der Waals surface area contributed by atoms with Crippen LogP contribution in [0, 0.1) is 23.2 Å². The number of rotatable bonds is 12. The minimum absolute atomic E-state index is 0.0195. The summed E-state index contributed by atoms with van der Waals surface area (Å²) >= 11 is 0. The van der Waals surface area contributed by atoms with Crippen LogP contribution >= 0.6 is 0 Å². The van der Waals surface area contributed by atoms with Crippen molar-refractivity contribution in [2.75, 3.05) is 64.1 Å². The second-order valence-electron chi connectivity index (χ2n) is 21.1. The predicted molar refractivity (Wildman–Crippen MR) is 273 cm³/mol. The molecule has 9 rings (SSSR count). The number of phenolic OH excluding ortho intramolecular Hbond substituents is 1. The number of methoxy groups -OCH3 is 1. The number of fused-ring (bicyclic) bond motifs is 1. The van der Waals surface area contributed by atoms with Crippen LogP contribution in [0.2, 0.25) is 0 Å². The Bertz CT molecular complexity index is 2590. The summed E-state index contributed by atoms with van der Waals surface area (Å²) in [6, 6.07) is 12.1. The SMILES string of the molecule is C#Cc1ccc(CNC(=O)C2CCCN2C(=O)C(NC=O)C(C)(C)C)cc1OC.CC1c2c([nH]c(N)c2/C=C(\N)c2ccccc2O)CCN1c1ncc(C2CCN(C3CC4(C3)CN(C)C4)CC2)cn1. The monoisotopic (exact) mass is 954 g/mol. The number of nitrogens with zero attached hydrogens (tertiary/aromatic N) is 6. The number of aromatic amines is 1. The molecule has 3 saturated heterocycles. The maximum absolute atomic E-state index is 13.0. The third-order valence-electron chi connectivity index (χ3n) is 15.2. The maximum atomic E-state index is 13.0. The number of benzene rings is 2. The second kappa shape index (κ2) is 20.8. The molecule has 3 amide bonds. The van der Waals surface area contributed by atoms with Crippen molar-refractivity contribution in [1.29, 1.82) is 0 Å². The number of carbonyl (C=O) groups excluding carboxylic acids is 3. The molecule has 5 aliphatic rings. The summed E-state index contributed by atoms with van der Waals surface area (Å²) in [5.74, 6) is 4.69. The van der Waals surface area contributed by atoms with Gasteiger partial charge in [-0.05, 0) is 124 Å². The number of phenols is 1. The van der Waals surface area contributed by atoms with E-state index >= 15 is 0 Å². The van der Waals surface area contributed by atoms with Crippen LogP contribution in [-0.2, 0) is 27.3 Å². The van der Waals surface area contributed by atoms with Gasteiger partial charge in [-0.15, -0.1) is 6.42 Å². The fourth-order valence-corrected chi connectivity index (χ4v) is 11.6. The van der Waals surface area contributed by atoms with Crippen molar-refractivity contribution in [3.05, 3.63) is 93.9 Å². The first-order valence-electron chi connectivity index (χ1n) is 24.7. The van der Waals surface area contributed by atoms with E-state index in [0.717, 1.165) is 53.8 Å². The molecule has 16 heteroatoms. The van der Waals surface area contributed by atoms with Gasteiger partial charge < -0.3 is 56.5 Å². The van der Waals surface area contributed by atoms with Crippen molar-refractivity contribution in [3.63, 3.8) is 0 Å². The van der Waals surface area contributed by atoms with Gasteiger partial charge in [-0.25, -0.2) is 9.97 Å². The van der Waals surface area contributed by atoms with E-state index in [9.17, 15) is 19.5 Å². The van der Waals surface area contributed by atoms with Crippen LogP contribution in [0.3, 0.4) is 0 Å². The van der Waals surface area contributed by atoms with E-state index in [4.69, 9.17) is 32.6 Å². The fourth-order valence-electron chi connectivity index (χ4n) is 11.6. The first-order chi connectivity index (χ1) is 33.5. The topological polar surface area (TPSA) is 211 Å². The minimum atomic E-state index is -0.686. The number of aromatic nitrogens is 3. The number of para-hydroxylation sites is 1. The Kier molecular flexibility index (Phi) is 14.8. The molecule has 1 spiro atoms. The molecule has 8 N–H and O–H groups in total. The Labute approximate surface area is 412 Å². The number of carbonyl (C=O) groups is 3. The number of nitrogens with two attached hydrogens (primary N) is 2. The number of anilines is 2. The van der Waals surface area contributed by atoms with Crippen LogP contribution in [0.4, 0.5) is 11.8 Å². The van der Waals surface area contributed by atoms with Gasteiger partial charge in [-0.2, -0.15) is 0 Å². The van der Waals surface area contributed by atoms with Gasteiger partial charge in [0, 0.05) is 85.7 Å². The van der Waals surface area contributed by atoms with Gasteiger partial charge in [0.05, 0.1) is 18.7 Å². The van der Waals surface area contributed by atoms with E-state index < -0.39 is 17.5 Å². The summed E-state index contributed by atoms with van der Waals surface area (Å²) in [6.45, 7) is 14.4. The van der Waals surface area contributed by atoms with E-state index in [-0.39, 0.29) is 23.6 Å². The van der Waals surface area contributed by atoms with Crippen LogP contribution < -0.4 is 31.7 Å². The summed E-state index contributed by atoms with van der Waals surface area (Å²) in [5, 5.41) is 15.8. The largest absolute Gasteiger partial charge is 0.507 e. The average molecular weight is 954 g/mol. The molecule has 6 heterocycles. The Hall–Kier alpha value is -6.57. The van der Waals surface area contributed by atoms with Gasteiger partial charge in [-0.3, -0.25) is 14.4 Å². The highest BCUT2D eigenvalue weighted by atomic mass is 16.5. The number of nitrogens with one attached hydrogen (secondary N) is 3. The highest BCUT2D eigenvalue weighted by Crippen LogP contribution is 2.50. The van der Waals surface area contributed by atoms with Gasteiger partial charge >= 0.3 is 0 Å². The fraction of sp³-hybridized carbons (Fsp3) is 0.500. The zero-order valence-electron chi connectivity index (χ0n) is 41.6. The minimum Gasteiger partial charge on any atom is -0.507 e. The molecule has 2 aromatic carbocycles. The number of hydrogen-bond acceptors (Lipinski definition) is 12. The summed E-state index contributed by atoms with van der Waals surface area (Å²) in [5.41, 5.74) is 19.9. The molecule has 2 aromatic heterocycles. The number of hydrogen-bond donors (Lipinski definition) is 6. The molecule has 16 nitrogen and oxygen atoms in total. The van der Waals surface area contributed by atoms with Crippen molar-refractivity contribution in [2.24, 2.45) is 16.6 Å². The standard InChI is InChI=1S/C32H42N8O.C22H29N3O4/c1-20-29-25(13-26(33)24-5-3-4-6-28(24)41)30(34)37-27(29)9-12-40(20)31-35-16-22(17-36-31)21-7-10-39(11-8-21)23-14-32(15-23)18-38(2)19-32;1-6-16-10-9-15(12-18(16)29-5)13-23-20(27)17-8-7-11-25(17)21(28)19(24-14-26)22(2,3)4/h3-6,13,16-17,20-21,23,37,41H,7-12,14-15,18-19,33-34H2,1-2H3;1,9-10,12,14,17,19H,7-8,11,13H2,2-5H3,(H,23,27)(H,24,26)/b26-13-;. The summed E-state index contributed by atoms with van der Waals surface area (Å²) < 4.78 is 5.27. The highest BCUT2D eigenvalue weighted by molar-refractivity contribution is 5.91. The summed E-state index contributed by atoms with van der Waals surface area (Å²) in [4.78, 5) is 58.9. The van der Waals surface area contributed by atoms with Crippen LogP contribution in [0.5, 0.6) is 11.5 Å². The highest BCUT2D eigenvalue weighted by Gasteiger charge is 2.52. The van der Waals surface area contributed by atoms with E-state index in [2.05, 4.69) is 62.6 Å². The van der Waals surface area contributed by atoms with Crippen molar-refractivity contribution in [2.45, 2.75) is 109 Å². The number of amides is 3. The summed E-state index contributed by atoms with van der Waals surface area (Å²) in [6.07, 6.45) is 19.2. The Balaban J connectivity index is 0.000000201. The van der Waals surface area contributed by atoms with Crippen molar-refractivity contribution >= 4 is 41.8 Å². The normalized spacial score (nSPS) is 21.1. The lowest BCUT2D eigenvalue weighted by molar-refractivity contribution is -0.142. The maximum Gasteiger partial charge on any atom is 0.246 e. The van der Waals surface area contributed by atoms with Gasteiger partial charge in [0.15, 0.2) is 0 Å². The molecule has 0 bridgehead atoms. The van der Waals surface area contributed by atoms with Crippen LogP contribution in [0.15, 0.2) is 54.9 Å². The Morgan fingerprint density at radius 1 is 1.07 bits per heavy atom. The molecule has 1 aliphatic carbocycles. The smallest absolute Gasteiger partial charge is 0.246 e. The quantitative estimate of drug-likeness (QED) is 0.0780. The van der Waals surface area contributed by atoms with Crippen molar-refractivity contribution in [1.82, 2.24) is 40.3 Å². The van der Waals surface area contributed by atoms with Crippen LogP contribution in [0.25, 0.3) is 11.8 Å². The van der Waals surface area contributed by atoms with E-state index in [0.29, 0.717) is 65.6 Å². The zero-order chi connectivity index (χ0) is 49.9. The molecule has 3 unspecified atom stereocenters. The molecule has 4 aliphatic heterocycles. The number of piperidine rings is 1. The second-order valence-corrected chi connectivity index (χ2v) is 21.1. The molecule has 70 heavy (non-hydrogen) atoms. The number of ether oxygens (including phenoxy) is 1. The number of terminal acetylenes is 1. The number of H-pyrrole nitrogens is 1. The van der Waals surface area contributed by atoms with Gasteiger partial charge in [0.2, 0.25) is 24.2 Å². The lowest BCUT2D eigenvalue weighted by Gasteiger charge is -2.61. The third kappa shape index (κ3) is 10.5. The third-order valence-corrected chi connectivity index (χ3v) is 15.2. The molecular formula is C54H71N11O5. The Morgan fingerprint density at radius 3 is 2.43 bits per heavy atom. The number of nitrogen functional groups attached to an aromatic ring is 1. The van der Waals surface area contributed by atoms with E-state index in [1.165, 1.54) is 57.4 Å². The molecule has 372 valence electrons. The first kappa shape index (κ1) is 49.8. The molecule has 3 atom stereocenters. The van der Waals surface area contributed by atoms with Crippen molar-refractivity contribution < 1.29 is 24.2 Å². The van der Waals surface area contributed by atoms with Crippen LogP contribution in [-0.4, -0.2) is 125 Å². The van der Waals surface area contributed by atoms with Gasteiger partial charge in [0.25, 0.3) is 0 Å². The zero-order valence-corrected chi connectivity index (χ0v) is 41.6. The number of likely N-dealkylation sites (tertiary alicyclic amines) is 3. The van der Waals surface area contributed by atoms with Crippen molar-refractivity contribution in [3.8, 4) is 23.8 Å². The molecule has 4 aromatic rings. The van der Waals surface area contributed by atoms with Gasteiger partial charge in [0.1, 0.15) is 29.4 Å². The first-order valence-corrected chi connectivity index (χ1v) is 24.7. The number of aromatic hydroxyl groups is 1. The van der Waals surface area contributed by atoms with Crippen LogP contribution in [0.1, 0.15) is 117 Å². The molecular weight excluding hydrogens is 883 g/mol. The average Bonchev–Trinajstić information content (AvgIpc) is 3.95. The molecule has 1 saturated carbocycles. The van der Waals surface area contributed by atoms with E-state index in [1.807, 2.05) is 45.0 Å². The van der Waals surface area contributed by atoms with Gasteiger partial charge in [-0.1, -0.05) is 44.9 Å².